The van der Waals surface area contributed by atoms with Crippen LogP contribution in [0.2, 0.25) is 5.02 Å². The summed E-state index contributed by atoms with van der Waals surface area (Å²) < 4.78 is 4.85. The van der Waals surface area contributed by atoms with Crippen LogP contribution in [0.3, 0.4) is 0 Å². The summed E-state index contributed by atoms with van der Waals surface area (Å²) in [5, 5.41) is 7.45. The third-order valence-electron chi connectivity index (χ3n) is 3.42. The molecular weight excluding hydrogens is 386 g/mol. The first-order valence-corrected chi connectivity index (χ1v) is 8.69. The highest BCUT2D eigenvalue weighted by Crippen LogP contribution is 2.20. The fourth-order valence-corrected chi connectivity index (χ4v) is 2.27. The Kier molecular flexibility index (Phi) is 7.53. The fourth-order valence-electron chi connectivity index (χ4n) is 2.09. The third kappa shape index (κ3) is 6.10. The molecule has 0 spiro atoms. The number of hydrogen-bond donors (Lipinski definition) is 3. The maximum atomic E-state index is 11.9. The zero-order valence-corrected chi connectivity index (χ0v) is 15.7. The van der Waals surface area contributed by atoms with Gasteiger partial charge in [0.25, 0.3) is 0 Å². The van der Waals surface area contributed by atoms with Gasteiger partial charge in [-0.05, 0) is 43.3 Å². The summed E-state index contributed by atoms with van der Waals surface area (Å²) in [6.07, 6.45) is 0. The minimum Gasteiger partial charge on any atom is -0.462 e. The molecule has 0 saturated heterocycles. The molecule has 8 nitrogen and oxygen atoms in total. The van der Waals surface area contributed by atoms with E-state index >= 15 is 0 Å². The number of carbonyl (C=O) groups is 4. The van der Waals surface area contributed by atoms with Gasteiger partial charge in [-0.15, -0.1) is 0 Å². The molecule has 3 N–H and O–H groups in total. The maximum Gasteiger partial charge on any atom is 0.338 e. The summed E-state index contributed by atoms with van der Waals surface area (Å²) in [6.45, 7) is 1.54. The molecule has 0 heterocycles. The Balaban J connectivity index is 1.82. The maximum absolute atomic E-state index is 11.9. The molecule has 2 aromatic rings. The second-order valence-corrected chi connectivity index (χ2v) is 5.87. The van der Waals surface area contributed by atoms with Crippen molar-refractivity contribution in [2.24, 2.45) is 0 Å². The predicted octanol–water partition coefficient (Wildman–Crippen LogP) is 2.21. The zero-order chi connectivity index (χ0) is 20.5. The average Bonchev–Trinajstić information content (AvgIpc) is 2.68. The first-order chi connectivity index (χ1) is 13.4. The molecule has 0 aliphatic carbocycles. The van der Waals surface area contributed by atoms with Crippen molar-refractivity contribution in [2.75, 3.05) is 23.8 Å². The molecule has 0 atom stereocenters. The quantitative estimate of drug-likeness (QED) is 0.505. The second kappa shape index (κ2) is 10.1. The van der Waals surface area contributed by atoms with Gasteiger partial charge < -0.3 is 20.7 Å². The van der Waals surface area contributed by atoms with Gasteiger partial charge in [0.15, 0.2) is 0 Å². The lowest BCUT2D eigenvalue weighted by molar-refractivity contribution is -0.136. The summed E-state index contributed by atoms with van der Waals surface area (Å²) in [7, 11) is 0. The molecule has 0 saturated carbocycles. The van der Waals surface area contributed by atoms with E-state index in [2.05, 4.69) is 16.0 Å². The Labute approximate surface area is 166 Å². The molecule has 146 valence electrons. The fraction of sp³-hybridized carbons (Fsp3) is 0.158. The van der Waals surface area contributed by atoms with Gasteiger partial charge in [-0.2, -0.15) is 0 Å². The first-order valence-electron chi connectivity index (χ1n) is 8.31. The van der Waals surface area contributed by atoms with E-state index in [0.29, 0.717) is 22.0 Å². The van der Waals surface area contributed by atoms with E-state index in [1.165, 1.54) is 24.3 Å². The van der Waals surface area contributed by atoms with E-state index in [-0.39, 0.29) is 6.61 Å². The zero-order valence-electron chi connectivity index (χ0n) is 15.0. The van der Waals surface area contributed by atoms with Crippen molar-refractivity contribution >= 4 is 46.7 Å². The number of esters is 1. The van der Waals surface area contributed by atoms with E-state index < -0.39 is 30.2 Å². The van der Waals surface area contributed by atoms with Crippen LogP contribution >= 0.6 is 11.6 Å². The molecule has 9 heteroatoms. The molecule has 0 fully saturated rings. The van der Waals surface area contributed by atoms with Gasteiger partial charge in [0.05, 0.1) is 29.4 Å². The number of halogens is 1. The molecule has 3 amide bonds. The SMILES string of the molecule is CCOC(=O)c1ccc(NC(=O)C(=O)NCC(=O)Nc2ccccc2Cl)cc1. The van der Waals surface area contributed by atoms with Crippen LogP contribution in [0.25, 0.3) is 0 Å². The minimum absolute atomic E-state index is 0.252. The van der Waals surface area contributed by atoms with E-state index in [9.17, 15) is 19.2 Å². The highest BCUT2D eigenvalue weighted by atomic mass is 35.5. The van der Waals surface area contributed by atoms with E-state index in [4.69, 9.17) is 16.3 Å². The molecule has 0 radical (unpaired) electrons. The number of hydrogen-bond acceptors (Lipinski definition) is 5. The molecule has 0 aliphatic heterocycles. The van der Waals surface area contributed by atoms with Crippen LogP contribution < -0.4 is 16.0 Å². The predicted molar refractivity (Wildman–Crippen MR) is 104 cm³/mol. The van der Waals surface area contributed by atoms with Crippen molar-refractivity contribution in [3.05, 3.63) is 59.1 Å². The number of amides is 3. The van der Waals surface area contributed by atoms with Crippen LogP contribution in [0, 0.1) is 0 Å². The number of carbonyl (C=O) groups excluding carboxylic acids is 4. The van der Waals surface area contributed by atoms with Gasteiger partial charge in [0, 0.05) is 5.69 Å². The molecular formula is C19H18ClN3O5. The van der Waals surface area contributed by atoms with Crippen LogP contribution in [0.15, 0.2) is 48.5 Å². The summed E-state index contributed by atoms with van der Waals surface area (Å²) in [6, 6.07) is 12.5. The Morgan fingerprint density at radius 2 is 1.61 bits per heavy atom. The number of nitrogens with one attached hydrogen (secondary N) is 3. The molecule has 0 aliphatic rings. The van der Waals surface area contributed by atoms with Gasteiger partial charge in [-0.1, -0.05) is 23.7 Å². The smallest absolute Gasteiger partial charge is 0.338 e. The average molecular weight is 404 g/mol. The van der Waals surface area contributed by atoms with Crippen LogP contribution in [0.4, 0.5) is 11.4 Å². The largest absolute Gasteiger partial charge is 0.462 e. The molecule has 0 unspecified atom stereocenters. The van der Waals surface area contributed by atoms with Crippen LogP contribution in [0.1, 0.15) is 17.3 Å². The lowest BCUT2D eigenvalue weighted by atomic mass is 10.2. The van der Waals surface area contributed by atoms with Gasteiger partial charge >= 0.3 is 17.8 Å². The molecule has 28 heavy (non-hydrogen) atoms. The summed E-state index contributed by atoms with van der Waals surface area (Å²) >= 11 is 5.92. The van der Waals surface area contributed by atoms with Crippen LogP contribution in [0.5, 0.6) is 0 Å². The summed E-state index contributed by atoms with van der Waals surface area (Å²) in [5.41, 5.74) is 1.03. The standard InChI is InChI=1S/C19H18ClN3O5/c1-2-28-19(27)12-7-9-13(10-8-12)22-18(26)17(25)21-11-16(24)23-15-6-4-3-5-14(15)20/h3-10H,2,11H2,1H3,(H,21,25)(H,22,26)(H,23,24). The number of ether oxygens (including phenoxy) is 1. The highest BCUT2D eigenvalue weighted by Gasteiger charge is 2.16. The molecule has 2 aromatic carbocycles. The monoisotopic (exact) mass is 403 g/mol. The topological polar surface area (TPSA) is 114 Å². The van der Waals surface area contributed by atoms with Crippen molar-refractivity contribution in [2.45, 2.75) is 6.92 Å². The number of benzene rings is 2. The van der Waals surface area contributed by atoms with E-state index in [0.717, 1.165) is 0 Å². The first kappa shape index (κ1) is 20.9. The van der Waals surface area contributed by atoms with E-state index in [1.54, 1.807) is 31.2 Å². The lowest BCUT2D eigenvalue weighted by Gasteiger charge is -2.09. The second-order valence-electron chi connectivity index (χ2n) is 5.46. The Hall–Kier alpha value is -3.39. The highest BCUT2D eigenvalue weighted by molar-refractivity contribution is 6.40. The number of para-hydroxylation sites is 1. The van der Waals surface area contributed by atoms with Gasteiger partial charge in [-0.3, -0.25) is 14.4 Å². The number of rotatable bonds is 6. The Morgan fingerprint density at radius 1 is 0.929 bits per heavy atom. The van der Waals surface area contributed by atoms with Crippen molar-refractivity contribution < 1.29 is 23.9 Å². The van der Waals surface area contributed by atoms with Crippen molar-refractivity contribution in [3.8, 4) is 0 Å². The van der Waals surface area contributed by atoms with Crippen molar-refractivity contribution in [3.63, 3.8) is 0 Å². The summed E-state index contributed by atoms with van der Waals surface area (Å²) in [4.78, 5) is 47.1. The minimum atomic E-state index is -0.983. The van der Waals surface area contributed by atoms with Gasteiger partial charge in [0.1, 0.15) is 0 Å². The van der Waals surface area contributed by atoms with Crippen molar-refractivity contribution in [1.29, 1.82) is 0 Å². The van der Waals surface area contributed by atoms with Crippen molar-refractivity contribution in [1.82, 2.24) is 5.32 Å². The molecule has 2 rings (SSSR count). The summed E-state index contributed by atoms with van der Waals surface area (Å²) in [5.74, 6) is -2.95. The lowest BCUT2D eigenvalue weighted by Crippen LogP contribution is -2.39. The normalized spacial score (nSPS) is 9.93. The molecule has 0 bridgehead atoms. The van der Waals surface area contributed by atoms with Gasteiger partial charge in [0.2, 0.25) is 5.91 Å². The third-order valence-corrected chi connectivity index (χ3v) is 3.75. The van der Waals surface area contributed by atoms with E-state index in [1.807, 2.05) is 0 Å². The van der Waals surface area contributed by atoms with Crippen LogP contribution in [-0.2, 0) is 19.1 Å². The van der Waals surface area contributed by atoms with Crippen LogP contribution in [-0.4, -0.2) is 36.8 Å². The Morgan fingerprint density at radius 3 is 2.25 bits per heavy atom. The van der Waals surface area contributed by atoms with Gasteiger partial charge in [-0.25, -0.2) is 4.79 Å². The Bertz CT molecular complexity index is 883. The molecule has 0 aromatic heterocycles. The number of anilines is 2.